The highest BCUT2D eigenvalue weighted by molar-refractivity contribution is 7.15. The number of carbonyl (C=O) groups is 1. The maximum absolute atomic E-state index is 12.6. The first-order valence-electron chi connectivity index (χ1n) is 7.83. The highest BCUT2D eigenvalue weighted by Crippen LogP contribution is 2.32. The van der Waals surface area contributed by atoms with Crippen molar-refractivity contribution in [3.63, 3.8) is 0 Å². The van der Waals surface area contributed by atoms with Crippen molar-refractivity contribution in [3.8, 4) is 10.4 Å². The summed E-state index contributed by atoms with van der Waals surface area (Å²) in [7, 11) is 0. The van der Waals surface area contributed by atoms with E-state index in [9.17, 15) is 9.90 Å². The second-order valence-electron chi connectivity index (χ2n) is 6.02. The molecule has 1 N–H and O–H groups in total. The lowest BCUT2D eigenvalue weighted by molar-refractivity contribution is 0.0711. The number of piperidine rings is 1. The van der Waals surface area contributed by atoms with Crippen molar-refractivity contribution in [2.24, 2.45) is 0 Å². The molecule has 0 bridgehead atoms. The normalized spacial score (nSPS) is 16.7. The van der Waals surface area contributed by atoms with Gasteiger partial charge in [-0.25, -0.2) is 0 Å². The smallest absolute Gasteiger partial charge is 0.177 e. The first kappa shape index (κ1) is 16.7. The van der Waals surface area contributed by atoms with E-state index in [0.29, 0.717) is 11.6 Å². The van der Waals surface area contributed by atoms with E-state index >= 15 is 0 Å². The van der Waals surface area contributed by atoms with Crippen LogP contribution in [0, 0.1) is 6.92 Å². The van der Waals surface area contributed by atoms with Crippen LogP contribution in [0.15, 0.2) is 30.3 Å². The monoisotopic (exact) mass is 349 g/mol. The molecule has 0 saturated carbocycles. The van der Waals surface area contributed by atoms with Gasteiger partial charge in [0, 0.05) is 33.4 Å². The van der Waals surface area contributed by atoms with E-state index in [4.69, 9.17) is 11.6 Å². The number of aryl methyl sites for hydroxylation is 1. The van der Waals surface area contributed by atoms with E-state index in [0.717, 1.165) is 46.8 Å². The molecule has 0 aliphatic carbocycles. The van der Waals surface area contributed by atoms with Gasteiger partial charge in [0.15, 0.2) is 5.78 Å². The van der Waals surface area contributed by atoms with Crippen LogP contribution < -0.4 is 0 Å². The van der Waals surface area contributed by atoms with Crippen molar-refractivity contribution in [3.05, 3.63) is 45.8 Å². The minimum absolute atomic E-state index is 0.162. The van der Waals surface area contributed by atoms with Crippen LogP contribution in [0.2, 0.25) is 5.02 Å². The number of aliphatic hydroxyl groups excluding tert-OH is 1. The van der Waals surface area contributed by atoms with Crippen LogP contribution in [-0.4, -0.2) is 41.5 Å². The molecule has 122 valence electrons. The molecule has 1 aliphatic heterocycles. The number of aliphatic hydroxyl groups is 1. The Bertz CT molecular complexity index is 688. The highest BCUT2D eigenvalue weighted by atomic mass is 35.5. The van der Waals surface area contributed by atoms with Gasteiger partial charge in [-0.05, 0) is 43.5 Å². The molecule has 2 heterocycles. The van der Waals surface area contributed by atoms with Gasteiger partial charge in [0.05, 0.1) is 12.6 Å². The average Bonchev–Trinajstić information content (AvgIpc) is 2.92. The summed E-state index contributed by atoms with van der Waals surface area (Å²) in [5.74, 6) is 0.162. The standard InChI is InChI=1S/C18H20ClNO2S/c1-12-16(17(22)11-20-8-6-15(21)7-9-20)10-18(23-12)13-2-4-14(19)5-3-13/h2-5,10,15,21H,6-9,11H2,1H3. The van der Waals surface area contributed by atoms with Gasteiger partial charge in [0.2, 0.25) is 0 Å². The van der Waals surface area contributed by atoms with Gasteiger partial charge in [-0.1, -0.05) is 23.7 Å². The maximum Gasteiger partial charge on any atom is 0.177 e. The molecule has 2 aromatic rings. The number of halogens is 1. The summed E-state index contributed by atoms with van der Waals surface area (Å²) in [5.41, 5.74) is 1.90. The van der Waals surface area contributed by atoms with Gasteiger partial charge in [0.1, 0.15) is 0 Å². The summed E-state index contributed by atoms with van der Waals surface area (Å²) >= 11 is 7.57. The van der Waals surface area contributed by atoms with Gasteiger partial charge < -0.3 is 5.11 Å². The highest BCUT2D eigenvalue weighted by Gasteiger charge is 2.21. The fourth-order valence-corrected chi connectivity index (χ4v) is 4.05. The Morgan fingerprint density at radius 2 is 1.96 bits per heavy atom. The summed E-state index contributed by atoms with van der Waals surface area (Å²) in [6, 6.07) is 9.69. The van der Waals surface area contributed by atoms with E-state index in [1.165, 1.54) is 0 Å². The number of Topliss-reactive ketones (excluding diaryl/α,β-unsaturated/α-hetero) is 1. The van der Waals surface area contributed by atoms with Crippen LogP contribution in [0.4, 0.5) is 0 Å². The predicted octanol–water partition coefficient (Wildman–Crippen LogP) is 4.02. The SMILES string of the molecule is Cc1sc(-c2ccc(Cl)cc2)cc1C(=O)CN1CCC(O)CC1. The van der Waals surface area contributed by atoms with E-state index < -0.39 is 0 Å². The fourth-order valence-electron chi connectivity index (χ4n) is 2.88. The van der Waals surface area contributed by atoms with Crippen LogP contribution in [0.25, 0.3) is 10.4 Å². The molecule has 0 radical (unpaired) electrons. The van der Waals surface area contributed by atoms with Crippen molar-refractivity contribution < 1.29 is 9.90 Å². The third-order valence-corrected chi connectivity index (χ3v) is 5.62. The molecule has 3 nitrogen and oxygen atoms in total. The largest absolute Gasteiger partial charge is 0.393 e. The Morgan fingerprint density at radius 3 is 2.61 bits per heavy atom. The molecule has 0 amide bonds. The Hall–Kier alpha value is -1.20. The van der Waals surface area contributed by atoms with Crippen molar-refractivity contribution in [1.82, 2.24) is 4.90 Å². The first-order valence-corrected chi connectivity index (χ1v) is 9.02. The Morgan fingerprint density at radius 1 is 1.30 bits per heavy atom. The number of nitrogens with zero attached hydrogens (tertiary/aromatic N) is 1. The van der Waals surface area contributed by atoms with Gasteiger partial charge in [-0.2, -0.15) is 0 Å². The summed E-state index contributed by atoms with van der Waals surface area (Å²) < 4.78 is 0. The van der Waals surface area contributed by atoms with Crippen LogP contribution >= 0.6 is 22.9 Å². The van der Waals surface area contributed by atoms with E-state index in [2.05, 4.69) is 4.90 Å². The molecular weight excluding hydrogens is 330 g/mol. The summed E-state index contributed by atoms with van der Waals surface area (Å²) in [4.78, 5) is 16.9. The van der Waals surface area contributed by atoms with E-state index in [1.807, 2.05) is 37.3 Å². The number of carbonyl (C=O) groups excluding carboxylic acids is 1. The molecule has 1 saturated heterocycles. The van der Waals surface area contributed by atoms with Crippen molar-refractivity contribution in [2.45, 2.75) is 25.9 Å². The second-order valence-corrected chi connectivity index (χ2v) is 7.71. The summed E-state index contributed by atoms with van der Waals surface area (Å²) in [5, 5.41) is 10.3. The number of thiophene rings is 1. The number of hydrogen-bond donors (Lipinski definition) is 1. The number of benzene rings is 1. The summed E-state index contributed by atoms with van der Waals surface area (Å²) in [6.07, 6.45) is 1.30. The number of hydrogen-bond acceptors (Lipinski definition) is 4. The van der Waals surface area contributed by atoms with Gasteiger partial charge in [-0.15, -0.1) is 11.3 Å². The quantitative estimate of drug-likeness (QED) is 0.848. The molecule has 1 aliphatic rings. The molecule has 5 heteroatoms. The molecule has 0 unspecified atom stereocenters. The van der Waals surface area contributed by atoms with Gasteiger partial charge in [0.25, 0.3) is 0 Å². The topological polar surface area (TPSA) is 40.5 Å². The van der Waals surface area contributed by atoms with E-state index in [-0.39, 0.29) is 11.9 Å². The number of ketones is 1. The van der Waals surface area contributed by atoms with Crippen LogP contribution in [0.5, 0.6) is 0 Å². The molecule has 23 heavy (non-hydrogen) atoms. The molecule has 1 fully saturated rings. The molecule has 0 atom stereocenters. The Kier molecular flexibility index (Phi) is 5.17. The predicted molar refractivity (Wildman–Crippen MR) is 95.5 cm³/mol. The third kappa shape index (κ3) is 4.01. The third-order valence-electron chi connectivity index (χ3n) is 4.27. The number of likely N-dealkylation sites (tertiary alicyclic amines) is 1. The summed E-state index contributed by atoms with van der Waals surface area (Å²) in [6.45, 7) is 4.02. The molecule has 0 spiro atoms. The molecule has 3 rings (SSSR count). The molecular formula is C18H20ClNO2S. The fraction of sp³-hybridized carbons (Fsp3) is 0.389. The average molecular weight is 350 g/mol. The zero-order chi connectivity index (χ0) is 16.4. The molecule has 1 aromatic carbocycles. The van der Waals surface area contributed by atoms with Gasteiger partial charge in [-0.3, -0.25) is 9.69 Å². The minimum Gasteiger partial charge on any atom is -0.393 e. The van der Waals surface area contributed by atoms with Crippen molar-refractivity contribution in [2.75, 3.05) is 19.6 Å². The minimum atomic E-state index is -0.208. The Labute approximate surface area is 145 Å². The van der Waals surface area contributed by atoms with Crippen LogP contribution in [0.3, 0.4) is 0 Å². The van der Waals surface area contributed by atoms with Crippen LogP contribution in [-0.2, 0) is 0 Å². The zero-order valence-corrected chi connectivity index (χ0v) is 14.7. The van der Waals surface area contributed by atoms with Crippen molar-refractivity contribution >= 4 is 28.7 Å². The molecule has 1 aromatic heterocycles. The number of rotatable bonds is 4. The van der Waals surface area contributed by atoms with Crippen LogP contribution in [0.1, 0.15) is 28.1 Å². The lowest BCUT2D eigenvalue weighted by atomic mass is 10.1. The van der Waals surface area contributed by atoms with Crippen molar-refractivity contribution in [1.29, 1.82) is 0 Å². The van der Waals surface area contributed by atoms with E-state index in [1.54, 1.807) is 11.3 Å². The first-order chi connectivity index (χ1) is 11.0. The lowest BCUT2D eigenvalue weighted by Crippen LogP contribution is -2.39. The Balaban J connectivity index is 1.72. The maximum atomic E-state index is 12.6. The second kappa shape index (κ2) is 7.14. The zero-order valence-electron chi connectivity index (χ0n) is 13.1. The van der Waals surface area contributed by atoms with Gasteiger partial charge >= 0.3 is 0 Å². The lowest BCUT2D eigenvalue weighted by Gasteiger charge is -2.28.